The van der Waals surface area contributed by atoms with Crippen molar-refractivity contribution in [3.8, 4) is 0 Å². The summed E-state index contributed by atoms with van der Waals surface area (Å²) >= 11 is 0. The molecule has 0 bridgehead atoms. The van der Waals surface area contributed by atoms with E-state index in [4.69, 9.17) is 9.05 Å². The van der Waals surface area contributed by atoms with Crippen LogP contribution in [0.25, 0.3) is 0 Å². The summed E-state index contributed by atoms with van der Waals surface area (Å²) in [6.45, 7) is 9.73. The summed E-state index contributed by atoms with van der Waals surface area (Å²) in [6, 6.07) is 0. The van der Waals surface area contributed by atoms with Gasteiger partial charge in [-0.1, -0.05) is 19.9 Å². The number of ketones is 1. The van der Waals surface area contributed by atoms with Crippen LogP contribution in [0, 0.1) is 5.92 Å². The second kappa shape index (κ2) is 8.63. The van der Waals surface area contributed by atoms with Gasteiger partial charge in [-0.3, -0.25) is 9.36 Å². The zero-order chi connectivity index (χ0) is 14.2. The fraction of sp³-hybridized carbons (Fsp3) is 0.769. The Morgan fingerprint density at radius 3 is 2.06 bits per heavy atom. The van der Waals surface area contributed by atoms with Crippen LogP contribution in [0.3, 0.4) is 0 Å². The third kappa shape index (κ3) is 6.48. The molecular formula is C13H25O4P. The van der Waals surface area contributed by atoms with Crippen molar-refractivity contribution in [1.29, 1.82) is 0 Å². The molecule has 0 heterocycles. The molecule has 0 saturated carbocycles. The average Bonchev–Trinajstić information content (AvgIpc) is 2.24. The Morgan fingerprint density at radius 1 is 1.22 bits per heavy atom. The molecule has 18 heavy (non-hydrogen) atoms. The van der Waals surface area contributed by atoms with Crippen molar-refractivity contribution < 1.29 is 18.4 Å². The molecule has 0 atom stereocenters. The molecule has 0 unspecified atom stereocenters. The zero-order valence-corrected chi connectivity index (χ0v) is 13.0. The van der Waals surface area contributed by atoms with Crippen molar-refractivity contribution in [2.45, 2.75) is 47.5 Å². The molecule has 0 radical (unpaired) electrons. The number of Topliss-reactive ketones (excluding diaryl/α,β-unsaturated/α-hetero) is 1. The van der Waals surface area contributed by atoms with E-state index in [-0.39, 0.29) is 12.2 Å². The van der Waals surface area contributed by atoms with E-state index in [0.29, 0.717) is 24.4 Å². The highest BCUT2D eigenvalue weighted by molar-refractivity contribution is 7.58. The molecule has 0 N–H and O–H groups in total. The van der Waals surface area contributed by atoms with Crippen molar-refractivity contribution in [3.63, 3.8) is 0 Å². The minimum atomic E-state index is -3.30. The Labute approximate surface area is 110 Å². The number of hydrogen-bond acceptors (Lipinski definition) is 4. The van der Waals surface area contributed by atoms with E-state index in [2.05, 4.69) is 13.8 Å². The Kier molecular flexibility index (Phi) is 8.41. The van der Waals surface area contributed by atoms with Gasteiger partial charge in [-0.05, 0) is 33.1 Å². The normalized spacial score (nSPS) is 13.1. The van der Waals surface area contributed by atoms with Gasteiger partial charge in [0.2, 0.25) is 0 Å². The first kappa shape index (κ1) is 17.6. The smallest absolute Gasteiger partial charge is 0.306 e. The van der Waals surface area contributed by atoms with Crippen molar-refractivity contribution >= 4 is 13.4 Å². The molecule has 0 spiro atoms. The summed E-state index contributed by atoms with van der Waals surface area (Å²) in [6.07, 6.45) is 2.72. The topological polar surface area (TPSA) is 52.6 Å². The molecule has 0 rings (SSSR count). The molecule has 0 amide bonds. The highest BCUT2D eigenvalue weighted by Gasteiger charge is 2.29. The first-order valence-electron chi connectivity index (χ1n) is 6.43. The van der Waals surface area contributed by atoms with E-state index in [1.54, 1.807) is 13.8 Å². The van der Waals surface area contributed by atoms with Gasteiger partial charge in [0.25, 0.3) is 0 Å². The summed E-state index contributed by atoms with van der Waals surface area (Å²) in [5, 5.41) is 0.493. The molecule has 0 aromatic carbocycles. The van der Waals surface area contributed by atoms with Gasteiger partial charge in [0, 0.05) is 11.7 Å². The third-order valence-corrected chi connectivity index (χ3v) is 4.45. The summed E-state index contributed by atoms with van der Waals surface area (Å²) in [5.74, 6) is 0.397. The Bertz CT molecular complexity index is 324. The highest BCUT2D eigenvalue weighted by atomic mass is 31.2. The fourth-order valence-corrected chi connectivity index (χ4v) is 3.28. The fourth-order valence-electron chi connectivity index (χ4n) is 1.45. The van der Waals surface area contributed by atoms with Gasteiger partial charge in [-0.25, -0.2) is 0 Å². The average molecular weight is 276 g/mol. The maximum absolute atomic E-state index is 12.6. The lowest BCUT2D eigenvalue weighted by Gasteiger charge is -2.20. The number of carbonyl (C=O) groups is 1. The van der Waals surface area contributed by atoms with Crippen LogP contribution in [-0.4, -0.2) is 19.0 Å². The van der Waals surface area contributed by atoms with Gasteiger partial charge in [0.05, 0.1) is 13.2 Å². The quantitative estimate of drug-likeness (QED) is 0.593. The molecule has 4 nitrogen and oxygen atoms in total. The van der Waals surface area contributed by atoms with Gasteiger partial charge in [-0.2, -0.15) is 0 Å². The van der Waals surface area contributed by atoms with Gasteiger partial charge in [0.15, 0.2) is 0 Å². The van der Waals surface area contributed by atoms with Crippen LogP contribution in [0.15, 0.2) is 11.4 Å². The predicted molar refractivity (Wildman–Crippen MR) is 73.7 cm³/mol. The lowest BCUT2D eigenvalue weighted by molar-refractivity contribution is -0.116. The minimum absolute atomic E-state index is 0.0374. The van der Waals surface area contributed by atoms with Crippen LogP contribution in [0.5, 0.6) is 0 Å². The maximum atomic E-state index is 12.6. The van der Waals surface area contributed by atoms with Crippen molar-refractivity contribution in [1.82, 2.24) is 0 Å². The van der Waals surface area contributed by atoms with E-state index in [1.807, 2.05) is 6.08 Å². The second-order valence-electron chi connectivity index (χ2n) is 4.54. The van der Waals surface area contributed by atoms with Crippen LogP contribution >= 0.6 is 7.60 Å². The predicted octanol–water partition coefficient (Wildman–Crippen LogP) is 4.16. The van der Waals surface area contributed by atoms with E-state index >= 15 is 0 Å². The first-order chi connectivity index (χ1) is 8.35. The van der Waals surface area contributed by atoms with Gasteiger partial charge >= 0.3 is 7.60 Å². The lowest BCUT2D eigenvalue weighted by Crippen LogP contribution is -2.03. The summed E-state index contributed by atoms with van der Waals surface area (Å²) < 4.78 is 23.2. The van der Waals surface area contributed by atoms with Crippen LogP contribution in [0.1, 0.15) is 47.5 Å². The van der Waals surface area contributed by atoms with Crippen LogP contribution in [0.2, 0.25) is 0 Å². The van der Waals surface area contributed by atoms with Crippen LogP contribution in [0.4, 0.5) is 0 Å². The van der Waals surface area contributed by atoms with Crippen molar-refractivity contribution in [3.05, 3.63) is 11.4 Å². The molecule has 0 saturated heterocycles. The van der Waals surface area contributed by atoms with Crippen LogP contribution in [-0.2, 0) is 18.4 Å². The third-order valence-electron chi connectivity index (χ3n) is 2.20. The minimum Gasteiger partial charge on any atom is -0.306 e. The number of rotatable bonds is 9. The Hall–Kier alpha value is -0.440. The van der Waals surface area contributed by atoms with Gasteiger partial charge in [-0.15, -0.1) is 0 Å². The number of carbonyl (C=O) groups excluding carboxylic acids is 1. The lowest BCUT2D eigenvalue weighted by atomic mass is 10.1. The molecular weight excluding hydrogens is 251 g/mol. The molecule has 0 aromatic heterocycles. The largest absolute Gasteiger partial charge is 0.357 e. The Morgan fingerprint density at radius 2 is 1.72 bits per heavy atom. The maximum Gasteiger partial charge on any atom is 0.357 e. The summed E-state index contributed by atoms with van der Waals surface area (Å²) in [4.78, 5) is 11.3. The number of hydrogen-bond donors (Lipinski definition) is 0. The van der Waals surface area contributed by atoms with Gasteiger partial charge < -0.3 is 9.05 Å². The summed E-state index contributed by atoms with van der Waals surface area (Å²) in [7, 11) is -3.30. The van der Waals surface area contributed by atoms with Crippen molar-refractivity contribution in [2.24, 2.45) is 5.92 Å². The zero-order valence-electron chi connectivity index (χ0n) is 12.1. The number of allylic oxidation sites excluding steroid dienone is 2. The highest BCUT2D eigenvalue weighted by Crippen LogP contribution is 2.57. The molecule has 106 valence electrons. The first-order valence-corrected chi connectivity index (χ1v) is 7.98. The monoisotopic (exact) mass is 276 g/mol. The SMILES string of the molecule is CCOP(=O)(OCC)/C(=C\CC(C)C)CC(C)=O. The molecule has 0 fully saturated rings. The van der Waals surface area contributed by atoms with E-state index in [1.165, 1.54) is 6.92 Å². The standard InChI is InChI=1S/C13H25O4P/c1-6-16-18(15,17-7-2)13(10-12(5)14)9-8-11(3)4/h9,11H,6-8,10H2,1-5H3/b13-9-. The van der Waals surface area contributed by atoms with E-state index in [9.17, 15) is 9.36 Å². The van der Waals surface area contributed by atoms with E-state index < -0.39 is 7.60 Å². The van der Waals surface area contributed by atoms with E-state index in [0.717, 1.165) is 6.42 Å². The molecule has 0 aliphatic carbocycles. The molecule has 0 aliphatic heterocycles. The van der Waals surface area contributed by atoms with Crippen LogP contribution < -0.4 is 0 Å². The summed E-state index contributed by atoms with van der Waals surface area (Å²) in [5.41, 5.74) is 0. The Balaban J connectivity index is 5.15. The molecule has 0 aliphatic rings. The van der Waals surface area contributed by atoms with Crippen molar-refractivity contribution in [2.75, 3.05) is 13.2 Å². The molecule has 5 heteroatoms. The second-order valence-corrected chi connectivity index (χ2v) is 6.62. The molecule has 0 aromatic rings. The van der Waals surface area contributed by atoms with Gasteiger partial charge in [0.1, 0.15) is 5.78 Å².